The van der Waals surface area contributed by atoms with Crippen molar-refractivity contribution in [1.29, 1.82) is 0 Å². The largest absolute Gasteiger partial charge is 0.354 e. The standard InChI is InChI=1S/C22H19N5/c1-13-8-18(9-14(2)25-13)22-15(3)19-5-4-16(10-20(19)26-22)17-6-7-27-21(11-17)23-12-24-27/h4-12,26H,1-3H3. The van der Waals surface area contributed by atoms with Crippen LogP contribution in [0.2, 0.25) is 0 Å². The van der Waals surface area contributed by atoms with Crippen LogP contribution in [0.15, 0.2) is 55.0 Å². The summed E-state index contributed by atoms with van der Waals surface area (Å²) in [6, 6.07) is 14.9. The SMILES string of the molecule is Cc1cc(-c2[nH]c3cc(-c4ccn5ncnc5c4)ccc3c2C)cc(C)n1. The summed E-state index contributed by atoms with van der Waals surface area (Å²) < 4.78 is 1.77. The predicted octanol–water partition coefficient (Wildman–Crippen LogP) is 4.86. The van der Waals surface area contributed by atoms with Crippen LogP contribution in [0.4, 0.5) is 0 Å². The van der Waals surface area contributed by atoms with Crippen molar-refractivity contribution >= 4 is 16.6 Å². The van der Waals surface area contributed by atoms with Gasteiger partial charge < -0.3 is 4.98 Å². The lowest BCUT2D eigenvalue weighted by molar-refractivity contribution is 0.962. The molecule has 5 aromatic rings. The van der Waals surface area contributed by atoms with E-state index in [4.69, 9.17) is 0 Å². The Bertz CT molecular complexity index is 1290. The first-order valence-electron chi connectivity index (χ1n) is 8.96. The molecule has 4 heterocycles. The van der Waals surface area contributed by atoms with Crippen LogP contribution in [0.1, 0.15) is 17.0 Å². The molecule has 0 saturated carbocycles. The molecule has 0 unspecified atom stereocenters. The van der Waals surface area contributed by atoms with Gasteiger partial charge in [0, 0.05) is 39.7 Å². The lowest BCUT2D eigenvalue weighted by Gasteiger charge is -2.04. The van der Waals surface area contributed by atoms with Crippen LogP contribution >= 0.6 is 0 Å². The quantitative estimate of drug-likeness (QED) is 0.493. The molecule has 4 aromatic heterocycles. The van der Waals surface area contributed by atoms with Gasteiger partial charge in [0.2, 0.25) is 0 Å². The van der Waals surface area contributed by atoms with Gasteiger partial charge in [0.05, 0.1) is 0 Å². The van der Waals surface area contributed by atoms with E-state index in [0.29, 0.717) is 0 Å². The van der Waals surface area contributed by atoms with Crippen molar-refractivity contribution in [3.05, 3.63) is 71.9 Å². The van der Waals surface area contributed by atoms with Crippen LogP contribution in [0.25, 0.3) is 38.9 Å². The second kappa shape index (κ2) is 5.77. The fourth-order valence-electron chi connectivity index (χ4n) is 3.78. The fourth-order valence-corrected chi connectivity index (χ4v) is 3.78. The normalized spacial score (nSPS) is 11.5. The van der Waals surface area contributed by atoms with Gasteiger partial charge >= 0.3 is 0 Å². The highest BCUT2D eigenvalue weighted by Gasteiger charge is 2.12. The number of aromatic nitrogens is 5. The molecule has 1 aromatic carbocycles. The number of benzene rings is 1. The smallest absolute Gasteiger partial charge is 0.155 e. The number of aromatic amines is 1. The third-order valence-electron chi connectivity index (χ3n) is 5.04. The Morgan fingerprint density at radius 2 is 1.63 bits per heavy atom. The lowest BCUT2D eigenvalue weighted by Crippen LogP contribution is -1.89. The zero-order valence-corrected chi connectivity index (χ0v) is 15.5. The molecule has 5 rings (SSSR count). The van der Waals surface area contributed by atoms with E-state index in [2.05, 4.69) is 69.4 Å². The number of nitrogens with zero attached hydrogens (tertiary/aromatic N) is 4. The van der Waals surface area contributed by atoms with E-state index in [1.807, 2.05) is 20.0 Å². The predicted molar refractivity (Wildman–Crippen MR) is 108 cm³/mol. The van der Waals surface area contributed by atoms with E-state index >= 15 is 0 Å². The van der Waals surface area contributed by atoms with Gasteiger partial charge in [-0.2, -0.15) is 5.10 Å². The van der Waals surface area contributed by atoms with E-state index in [0.717, 1.165) is 39.4 Å². The minimum absolute atomic E-state index is 0.846. The summed E-state index contributed by atoms with van der Waals surface area (Å²) in [4.78, 5) is 12.4. The van der Waals surface area contributed by atoms with Gasteiger partial charge in [-0.05, 0) is 67.8 Å². The zero-order valence-electron chi connectivity index (χ0n) is 15.5. The topological polar surface area (TPSA) is 58.9 Å². The fraction of sp³-hybridized carbons (Fsp3) is 0.136. The molecule has 0 bridgehead atoms. The molecule has 0 aliphatic heterocycles. The van der Waals surface area contributed by atoms with Crippen molar-refractivity contribution in [3.8, 4) is 22.4 Å². The third-order valence-corrected chi connectivity index (χ3v) is 5.04. The Hall–Kier alpha value is -3.47. The molecule has 5 heteroatoms. The van der Waals surface area contributed by atoms with E-state index in [9.17, 15) is 0 Å². The summed E-state index contributed by atoms with van der Waals surface area (Å²) in [5.74, 6) is 0. The summed E-state index contributed by atoms with van der Waals surface area (Å²) in [5.41, 5.74) is 9.92. The molecule has 0 spiro atoms. The van der Waals surface area contributed by atoms with Crippen LogP contribution in [0.3, 0.4) is 0 Å². The van der Waals surface area contributed by atoms with Gasteiger partial charge in [0.1, 0.15) is 6.33 Å². The van der Waals surface area contributed by atoms with Crippen molar-refractivity contribution in [1.82, 2.24) is 24.6 Å². The van der Waals surface area contributed by atoms with Crippen LogP contribution in [-0.4, -0.2) is 24.6 Å². The molecule has 0 radical (unpaired) electrons. The highest BCUT2D eigenvalue weighted by molar-refractivity contribution is 5.93. The van der Waals surface area contributed by atoms with Crippen molar-refractivity contribution < 1.29 is 0 Å². The van der Waals surface area contributed by atoms with Gasteiger partial charge in [0.15, 0.2) is 5.65 Å². The van der Waals surface area contributed by atoms with E-state index in [1.54, 1.807) is 10.8 Å². The second-order valence-electron chi connectivity index (χ2n) is 7.00. The lowest BCUT2D eigenvalue weighted by atomic mass is 10.0. The first-order chi connectivity index (χ1) is 13.1. The van der Waals surface area contributed by atoms with E-state index in [-0.39, 0.29) is 0 Å². The molecule has 1 N–H and O–H groups in total. The highest BCUT2D eigenvalue weighted by atomic mass is 15.3. The van der Waals surface area contributed by atoms with Crippen molar-refractivity contribution in [2.24, 2.45) is 0 Å². The van der Waals surface area contributed by atoms with Gasteiger partial charge in [-0.1, -0.05) is 12.1 Å². The number of fused-ring (bicyclic) bond motifs is 2. The maximum absolute atomic E-state index is 4.49. The molecular weight excluding hydrogens is 334 g/mol. The Kier molecular flexibility index (Phi) is 3.37. The van der Waals surface area contributed by atoms with Gasteiger partial charge in [0.25, 0.3) is 0 Å². The summed E-state index contributed by atoms with van der Waals surface area (Å²) in [5, 5.41) is 5.40. The van der Waals surface area contributed by atoms with E-state index in [1.165, 1.54) is 16.5 Å². The molecule has 0 atom stereocenters. The van der Waals surface area contributed by atoms with Crippen molar-refractivity contribution in [3.63, 3.8) is 0 Å². The van der Waals surface area contributed by atoms with Gasteiger partial charge in [-0.3, -0.25) is 4.98 Å². The number of nitrogens with one attached hydrogen (secondary N) is 1. The number of hydrogen-bond donors (Lipinski definition) is 1. The molecule has 0 fully saturated rings. The molecule has 0 aliphatic carbocycles. The Morgan fingerprint density at radius 3 is 2.44 bits per heavy atom. The van der Waals surface area contributed by atoms with Crippen LogP contribution < -0.4 is 0 Å². The summed E-state index contributed by atoms with van der Waals surface area (Å²) in [7, 11) is 0. The molecule has 27 heavy (non-hydrogen) atoms. The van der Waals surface area contributed by atoms with Crippen LogP contribution in [-0.2, 0) is 0 Å². The molecular formula is C22H19N5. The Balaban J connectivity index is 1.65. The summed E-state index contributed by atoms with van der Waals surface area (Å²) >= 11 is 0. The maximum atomic E-state index is 4.49. The molecule has 0 aliphatic rings. The monoisotopic (exact) mass is 353 g/mol. The van der Waals surface area contributed by atoms with Crippen LogP contribution in [0, 0.1) is 20.8 Å². The maximum Gasteiger partial charge on any atom is 0.155 e. The van der Waals surface area contributed by atoms with E-state index < -0.39 is 0 Å². The first-order valence-corrected chi connectivity index (χ1v) is 8.96. The van der Waals surface area contributed by atoms with Gasteiger partial charge in [-0.25, -0.2) is 9.50 Å². The molecule has 0 amide bonds. The number of hydrogen-bond acceptors (Lipinski definition) is 3. The minimum Gasteiger partial charge on any atom is -0.354 e. The summed E-state index contributed by atoms with van der Waals surface area (Å²) in [6.07, 6.45) is 3.51. The number of aryl methyl sites for hydroxylation is 3. The minimum atomic E-state index is 0.846. The van der Waals surface area contributed by atoms with Crippen molar-refractivity contribution in [2.45, 2.75) is 20.8 Å². The first kappa shape index (κ1) is 15.8. The number of H-pyrrole nitrogens is 1. The Labute approximate surface area is 156 Å². The Morgan fingerprint density at radius 1 is 0.852 bits per heavy atom. The number of pyridine rings is 2. The highest BCUT2D eigenvalue weighted by Crippen LogP contribution is 2.33. The molecule has 5 nitrogen and oxygen atoms in total. The van der Waals surface area contributed by atoms with Crippen molar-refractivity contribution in [2.75, 3.05) is 0 Å². The average Bonchev–Trinajstić information content (AvgIpc) is 3.24. The summed E-state index contributed by atoms with van der Waals surface area (Å²) in [6.45, 7) is 6.24. The zero-order chi connectivity index (χ0) is 18.5. The molecule has 132 valence electrons. The van der Waals surface area contributed by atoms with Gasteiger partial charge in [-0.15, -0.1) is 0 Å². The number of rotatable bonds is 2. The molecule has 0 saturated heterocycles. The third kappa shape index (κ3) is 2.59. The second-order valence-corrected chi connectivity index (χ2v) is 7.00. The average molecular weight is 353 g/mol. The van der Waals surface area contributed by atoms with Crippen LogP contribution in [0.5, 0.6) is 0 Å².